The molecule has 3 nitrogen and oxygen atoms in total. The summed E-state index contributed by atoms with van der Waals surface area (Å²) >= 11 is 0. The summed E-state index contributed by atoms with van der Waals surface area (Å²) < 4.78 is 0. The number of hydrogen-bond acceptors (Lipinski definition) is 2. The number of aromatic nitrogens is 2. The van der Waals surface area contributed by atoms with Gasteiger partial charge in [-0.25, -0.2) is 0 Å². The van der Waals surface area contributed by atoms with Crippen LogP contribution >= 0.6 is 0 Å². The lowest BCUT2D eigenvalue weighted by Crippen LogP contribution is -2.25. The molecule has 2 N–H and O–H groups in total. The largest absolute Gasteiger partial charge is 0.380 e. The number of aryl methyl sites for hydroxylation is 1. The average Bonchev–Trinajstić information content (AvgIpc) is 2.45. The van der Waals surface area contributed by atoms with Crippen LogP contribution in [0.5, 0.6) is 0 Å². The van der Waals surface area contributed by atoms with E-state index in [1.807, 2.05) is 13.0 Å². The van der Waals surface area contributed by atoms with Crippen molar-refractivity contribution in [3.8, 4) is 0 Å². The summed E-state index contributed by atoms with van der Waals surface area (Å²) in [5, 5.41) is 11.8. The zero-order valence-electron chi connectivity index (χ0n) is 9.68. The smallest absolute Gasteiger partial charge is 0.0925 e. The molecule has 1 heterocycles. The molecule has 0 radical (unpaired) electrons. The summed E-state index contributed by atoms with van der Waals surface area (Å²) in [6, 6.07) is 6.24. The molecule has 0 atom stereocenters. The van der Waals surface area contributed by atoms with Crippen molar-refractivity contribution >= 4 is 16.6 Å². The highest BCUT2D eigenvalue weighted by atomic mass is 15.1. The van der Waals surface area contributed by atoms with Crippen molar-refractivity contribution in [3.05, 3.63) is 23.9 Å². The van der Waals surface area contributed by atoms with Crippen molar-refractivity contribution in [1.29, 1.82) is 0 Å². The van der Waals surface area contributed by atoms with E-state index in [1.54, 1.807) is 0 Å². The first-order valence-corrected chi connectivity index (χ1v) is 5.19. The predicted molar refractivity (Wildman–Crippen MR) is 64.2 cm³/mol. The molecule has 15 heavy (non-hydrogen) atoms. The highest BCUT2D eigenvalue weighted by molar-refractivity contribution is 5.84. The first-order chi connectivity index (χ1) is 6.96. The van der Waals surface area contributed by atoms with E-state index < -0.39 is 0 Å². The number of fused-ring (bicyclic) bond motifs is 1. The molecule has 0 aliphatic heterocycles. The molecule has 0 fully saturated rings. The lowest BCUT2D eigenvalue weighted by atomic mass is 10.1. The fourth-order valence-electron chi connectivity index (χ4n) is 1.65. The fraction of sp³-hybridized carbons (Fsp3) is 0.417. The molecule has 0 bridgehead atoms. The molecule has 0 aliphatic carbocycles. The predicted octanol–water partition coefficient (Wildman–Crippen LogP) is 3.08. The summed E-state index contributed by atoms with van der Waals surface area (Å²) in [7, 11) is 0. The van der Waals surface area contributed by atoms with Gasteiger partial charge in [-0.2, -0.15) is 5.10 Å². The minimum Gasteiger partial charge on any atom is -0.380 e. The minimum absolute atomic E-state index is 0.0886. The Hall–Kier alpha value is -1.51. The van der Waals surface area contributed by atoms with E-state index in [1.165, 1.54) is 5.39 Å². The fourth-order valence-corrected chi connectivity index (χ4v) is 1.65. The molecule has 0 amide bonds. The molecular weight excluding hydrogens is 186 g/mol. The van der Waals surface area contributed by atoms with Crippen LogP contribution in [0, 0.1) is 6.92 Å². The third kappa shape index (κ3) is 2.12. The Morgan fingerprint density at radius 1 is 1.27 bits per heavy atom. The highest BCUT2D eigenvalue weighted by Crippen LogP contribution is 2.22. The van der Waals surface area contributed by atoms with Crippen LogP contribution in [0.3, 0.4) is 0 Å². The Kier molecular flexibility index (Phi) is 2.18. The van der Waals surface area contributed by atoms with Crippen LogP contribution in [0.1, 0.15) is 26.5 Å². The lowest BCUT2D eigenvalue weighted by Gasteiger charge is -2.22. The van der Waals surface area contributed by atoms with Gasteiger partial charge in [0.2, 0.25) is 0 Å². The van der Waals surface area contributed by atoms with Gasteiger partial charge in [-0.05, 0) is 45.9 Å². The molecule has 1 aromatic heterocycles. The Labute approximate surface area is 89.9 Å². The number of rotatable bonds is 1. The van der Waals surface area contributed by atoms with Gasteiger partial charge in [0.1, 0.15) is 0 Å². The quantitative estimate of drug-likeness (QED) is 0.747. The number of hydrogen-bond donors (Lipinski definition) is 2. The topological polar surface area (TPSA) is 40.7 Å². The summed E-state index contributed by atoms with van der Waals surface area (Å²) in [4.78, 5) is 0. The minimum atomic E-state index is 0.0886. The Morgan fingerprint density at radius 2 is 2.00 bits per heavy atom. The van der Waals surface area contributed by atoms with Crippen molar-refractivity contribution in [2.45, 2.75) is 33.2 Å². The molecule has 0 spiro atoms. The molecule has 80 valence electrons. The lowest BCUT2D eigenvalue weighted by molar-refractivity contribution is 0.634. The summed E-state index contributed by atoms with van der Waals surface area (Å²) in [6.45, 7) is 8.49. The summed E-state index contributed by atoms with van der Waals surface area (Å²) in [6.07, 6.45) is 0. The highest BCUT2D eigenvalue weighted by Gasteiger charge is 2.10. The molecule has 0 saturated heterocycles. The van der Waals surface area contributed by atoms with Crippen LogP contribution in [0.4, 0.5) is 5.69 Å². The van der Waals surface area contributed by atoms with E-state index in [-0.39, 0.29) is 5.54 Å². The standard InChI is InChI=1S/C12H17N3/c1-8-10-7-9(13-12(2,3)4)5-6-11(10)15-14-8/h5-7,13H,1-4H3,(H,14,15). The van der Waals surface area contributed by atoms with Crippen LogP contribution in [0.2, 0.25) is 0 Å². The van der Waals surface area contributed by atoms with Gasteiger partial charge < -0.3 is 5.32 Å². The van der Waals surface area contributed by atoms with Gasteiger partial charge in [0.25, 0.3) is 0 Å². The van der Waals surface area contributed by atoms with E-state index in [4.69, 9.17) is 0 Å². The van der Waals surface area contributed by atoms with Crippen molar-refractivity contribution in [2.75, 3.05) is 5.32 Å². The van der Waals surface area contributed by atoms with Crippen LogP contribution in [0.25, 0.3) is 10.9 Å². The zero-order chi connectivity index (χ0) is 11.1. The Bertz CT molecular complexity index is 477. The Balaban J connectivity index is 2.42. The van der Waals surface area contributed by atoms with Crippen molar-refractivity contribution in [1.82, 2.24) is 10.2 Å². The second-order valence-electron chi connectivity index (χ2n) is 4.96. The number of benzene rings is 1. The van der Waals surface area contributed by atoms with E-state index >= 15 is 0 Å². The first-order valence-electron chi connectivity index (χ1n) is 5.19. The second kappa shape index (κ2) is 3.26. The third-order valence-corrected chi connectivity index (χ3v) is 2.26. The average molecular weight is 203 g/mol. The third-order valence-electron chi connectivity index (χ3n) is 2.26. The number of anilines is 1. The van der Waals surface area contributed by atoms with Gasteiger partial charge in [-0.3, -0.25) is 5.10 Å². The maximum Gasteiger partial charge on any atom is 0.0925 e. The molecule has 0 unspecified atom stereocenters. The number of aromatic amines is 1. The van der Waals surface area contributed by atoms with Crippen LogP contribution in [0.15, 0.2) is 18.2 Å². The van der Waals surface area contributed by atoms with Gasteiger partial charge in [-0.1, -0.05) is 0 Å². The van der Waals surface area contributed by atoms with Crippen molar-refractivity contribution in [2.24, 2.45) is 0 Å². The van der Waals surface area contributed by atoms with Crippen LogP contribution in [-0.2, 0) is 0 Å². The second-order valence-corrected chi connectivity index (χ2v) is 4.96. The van der Waals surface area contributed by atoms with Crippen LogP contribution in [-0.4, -0.2) is 15.7 Å². The SMILES string of the molecule is Cc1[nH]nc2ccc(NC(C)(C)C)cc12. The molecule has 0 aliphatic rings. The van der Waals surface area contributed by atoms with Gasteiger partial charge >= 0.3 is 0 Å². The molecule has 2 rings (SSSR count). The van der Waals surface area contributed by atoms with Crippen molar-refractivity contribution in [3.63, 3.8) is 0 Å². The van der Waals surface area contributed by atoms with Gasteiger partial charge in [0, 0.05) is 22.3 Å². The monoisotopic (exact) mass is 203 g/mol. The summed E-state index contributed by atoms with van der Waals surface area (Å²) in [5.74, 6) is 0. The van der Waals surface area contributed by atoms with Gasteiger partial charge in [0.15, 0.2) is 0 Å². The van der Waals surface area contributed by atoms with Crippen molar-refractivity contribution < 1.29 is 0 Å². The number of H-pyrrole nitrogens is 1. The maximum absolute atomic E-state index is 4.20. The number of nitrogens with one attached hydrogen (secondary N) is 2. The maximum atomic E-state index is 4.20. The number of nitrogens with zero attached hydrogens (tertiary/aromatic N) is 1. The normalized spacial score (nSPS) is 12.0. The molecular formula is C12H17N3. The van der Waals surface area contributed by atoms with Crippen LogP contribution < -0.4 is 5.32 Å². The Morgan fingerprint density at radius 3 is 2.67 bits per heavy atom. The van der Waals surface area contributed by atoms with Gasteiger partial charge in [-0.15, -0.1) is 0 Å². The van der Waals surface area contributed by atoms with Gasteiger partial charge in [0.05, 0.1) is 5.52 Å². The van der Waals surface area contributed by atoms with E-state index in [0.29, 0.717) is 0 Å². The molecule has 1 aromatic carbocycles. The van der Waals surface area contributed by atoms with E-state index in [2.05, 4.69) is 48.4 Å². The molecule has 0 saturated carbocycles. The first kappa shape index (κ1) is 10.0. The summed E-state index contributed by atoms with van der Waals surface area (Å²) in [5.41, 5.74) is 3.36. The molecule has 3 heteroatoms. The van der Waals surface area contributed by atoms with E-state index in [9.17, 15) is 0 Å². The van der Waals surface area contributed by atoms with E-state index in [0.717, 1.165) is 16.9 Å². The molecule has 2 aromatic rings. The zero-order valence-corrected chi connectivity index (χ0v) is 9.68.